The number of aliphatic hydroxyl groups is 1. The number of aliphatic hydroxyl groups excluding tert-OH is 1. The number of hydrogen-bond acceptors (Lipinski definition) is 20. The van der Waals surface area contributed by atoms with Gasteiger partial charge in [0.25, 0.3) is 0 Å². The molecule has 2 saturated heterocycles. The number of carbonyl (C=O) groups excluding carboxylic acids is 17. The highest BCUT2D eigenvalue weighted by molar-refractivity contribution is 8.00. The number of unbranched alkanes of at least 4 members (excludes halogenated alkanes) is 2. The Balaban J connectivity index is 1.28. The number of fused-ring (bicyclic) bond motifs is 3. The standard InChI is InChI=1S/C86H124N22O18S/c1-11-13-31-66-79(120)98-58(30-22-34-91-86(89)90)76(117)103-65(75(116)94-43-70(88)111)46-127-47-72(113)97-61(37-51-24-16-15-17-25-51)82(123)105(8)50(6)74(115)100-63(40-69(87)110)84(125)108-35-23-33-67(108)80(121)95-49(5)73(114)99-60(36-48(3)4)81(122)104(7)44-71(112)96-59(38-52-41-92-56-28-20-18-26-54(52)56)77(118)102-64(45-109)78(119)101-62(39-53-42-93-57-29-21-19-27-55(53)57)83(124)107(10)68(32-14-12-2)85(126)106(66)9/h15-21,24-29,41-42,48-50,58-68,92-93,109H,11-14,22-23,30-40,43-47H2,1-10H3,(H2,87,110)(H2,88,111)(H,94,116)(H,95,121)(H,96,112)(H,97,113)(H,98,120)(H,99,114)(H,100,115)(H,101,119)(H,102,118)(H,103,117)(H4,89,90,91)/t49-,50-,58-,59-,60-,61-,62-,63-,64-,65-,66-,67?,68-/m0/s1. The SMILES string of the molecule is CCCC[C@H]1C(=O)N(C)[C@@H](CCCC)C(=O)N[C@@H](CCCNC(=N)N)C(=O)N[C@H](C(=O)NCC(N)=O)CSCC(=O)N[C@@H](Cc2ccccc2)C(=O)N(C)[C@@H](C)C(=O)N[C@@H](CC(N)=O)C(=O)N2CCCC2C(=O)N[C@@H](C)C(=O)N[C@@H](CC(C)C)C(=O)N(C)CC(=O)N[C@@H](Cc2c[nH]c3ccccc23)C(=O)N[C@@H](CO)C(=O)N[C@@H](Cc2c[nH]c3ccccc23)C(=O)N1C. The number of primary amides is 2. The number of guanidine groups is 1. The lowest BCUT2D eigenvalue weighted by atomic mass is 10.00. The van der Waals surface area contributed by atoms with Crippen molar-refractivity contribution in [2.75, 3.05) is 72.5 Å². The van der Waals surface area contributed by atoms with Crippen LogP contribution in [-0.2, 0) is 101 Å². The third-order valence-corrected chi connectivity index (χ3v) is 23.3. The molecule has 0 saturated carbocycles. The minimum Gasteiger partial charge on any atom is -0.394 e. The van der Waals surface area contributed by atoms with Gasteiger partial charge in [-0.3, -0.25) is 86.9 Å². The Hall–Kier alpha value is -12.7. The minimum absolute atomic E-state index is 0.00136. The molecule has 13 atom stereocenters. The van der Waals surface area contributed by atoms with Crippen LogP contribution in [0.4, 0.5) is 0 Å². The van der Waals surface area contributed by atoms with E-state index in [4.69, 9.17) is 22.6 Å². The molecule has 0 radical (unpaired) electrons. The number of hydrogen-bond donors (Lipinski definition) is 18. The molecule has 127 heavy (non-hydrogen) atoms. The van der Waals surface area contributed by atoms with Crippen LogP contribution in [0, 0.1) is 11.3 Å². The summed E-state index contributed by atoms with van der Waals surface area (Å²) in [6, 6.07) is 3.31. The Morgan fingerprint density at radius 2 is 1.06 bits per heavy atom. The number of likely N-dealkylation sites (N-methyl/N-ethyl adjacent to an activating group) is 4. The van der Waals surface area contributed by atoms with Gasteiger partial charge in [0, 0.05) is 100 Å². The maximum absolute atomic E-state index is 15.6. The van der Waals surface area contributed by atoms with Gasteiger partial charge in [-0.25, -0.2) is 0 Å². The van der Waals surface area contributed by atoms with Crippen LogP contribution in [-0.4, -0.2) is 297 Å². The van der Waals surface area contributed by atoms with Crippen LogP contribution in [0.5, 0.6) is 0 Å². The van der Waals surface area contributed by atoms with E-state index in [1.807, 2.05) is 13.8 Å². The summed E-state index contributed by atoms with van der Waals surface area (Å²) in [5.41, 5.74) is 19.6. The number of nitrogens with two attached hydrogens (primary N) is 3. The Kier molecular flexibility index (Phi) is 39.3. The van der Waals surface area contributed by atoms with Crippen LogP contribution in [0.3, 0.4) is 0 Å². The average molecular weight is 1790 g/mol. The highest BCUT2D eigenvalue weighted by Crippen LogP contribution is 2.26. The predicted octanol–water partition coefficient (Wildman–Crippen LogP) is -2.08. The van der Waals surface area contributed by atoms with E-state index in [1.54, 1.807) is 105 Å². The Morgan fingerprint density at radius 3 is 1.66 bits per heavy atom. The smallest absolute Gasteiger partial charge is 0.246 e. The summed E-state index contributed by atoms with van der Waals surface area (Å²) < 4.78 is 0. The fraction of sp³-hybridized carbons (Fsp3) is 0.535. The predicted molar refractivity (Wildman–Crippen MR) is 473 cm³/mol. The monoisotopic (exact) mass is 1780 g/mol. The van der Waals surface area contributed by atoms with Gasteiger partial charge in [-0.2, -0.15) is 0 Å². The van der Waals surface area contributed by atoms with E-state index in [1.165, 1.54) is 42.0 Å². The molecular formula is C86H124N22O18S. The first-order valence-corrected chi connectivity index (χ1v) is 43.8. The summed E-state index contributed by atoms with van der Waals surface area (Å²) in [6.45, 7) is 7.34. The zero-order valence-electron chi connectivity index (χ0n) is 73.6. The normalized spacial score (nSPS) is 24.0. The van der Waals surface area contributed by atoms with Crippen molar-refractivity contribution >= 4 is 140 Å². The van der Waals surface area contributed by atoms with Crippen LogP contribution in [0.1, 0.15) is 135 Å². The molecule has 692 valence electrons. The van der Waals surface area contributed by atoms with Crippen LogP contribution in [0.2, 0.25) is 0 Å². The Labute approximate surface area is 741 Å². The van der Waals surface area contributed by atoms with Crippen molar-refractivity contribution in [2.45, 2.75) is 216 Å². The quantitative estimate of drug-likeness (QED) is 0.0179. The van der Waals surface area contributed by atoms with Gasteiger partial charge in [-0.15, -0.1) is 11.8 Å². The fourth-order valence-corrected chi connectivity index (χ4v) is 16.0. The van der Waals surface area contributed by atoms with E-state index in [-0.39, 0.29) is 83.2 Å². The maximum Gasteiger partial charge on any atom is 0.246 e. The minimum atomic E-state index is -1.84. The molecule has 0 aliphatic carbocycles. The van der Waals surface area contributed by atoms with Gasteiger partial charge in [0.1, 0.15) is 78.5 Å². The lowest BCUT2D eigenvalue weighted by molar-refractivity contribution is -0.149. The largest absolute Gasteiger partial charge is 0.394 e. The molecule has 41 heteroatoms. The molecule has 3 aromatic carbocycles. The lowest BCUT2D eigenvalue weighted by Crippen LogP contribution is -2.61. The molecule has 40 nitrogen and oxygen atoms in total. The first-order valence-electron chi connectivity index (χ1n) is 42.7. The summed E-state index contributed by atoms with van der Waals surface area (Å²) in [5.74, 6) is -16.8. The van der Waals surface area contributed by atoms with Gasteiger partial charge in [0.05, 0.1) is 31.9 Å². The topological polar surface area (TPSA) is 592 Å². The molecule has 17 amide bonds. The number of H-pyrrole nitrogens is 2. The molecule has 4 heterocycles. The number of rotatable bonds is 24. The molecule has 21 N–H and O–H groups in total. The third-order valence-electron chi connectivity index (χ3n) is 22.3. The number of aromatic amines is 2. The molecule has 7 rings (SSSR count). The zero-order valence-corrected chi connectivity index (χ0v) is 74.4. The van der Waals surface area contributed by atoms with Crippen LogP contribution >= 0.6 is 11.8 Å². The summed E-state index contributed by atoms with van der Waals surface area (Å²) in [6.07, 6.45) is 3.74. The van der Waals surface area contributed by atoms with E-state index in [2.05, 4.69) is 68.5 Å². The molecule has 2 aromatic heterocycles. The van der Waals surface area contributed by atoms with Gasteiger partial charge < -0.3 is 115 Å². The van der Waals surface area contributed by atoms with Crippen LogP contribution < -0.4 is 75.7 Å². The van der Waals surface area contributed by atoms with Crippen molar-refractivity contribution in [2.24, 2.45) is 23.1 Å². The van der Waals surface area contributed by atoms with Crippen molar-refractivity contribution in [3.05, 3.63) is 108 Å². The van der Waals surface area contributed by atoms with E-state index >= 15 is 14.4 Å². The van der Waals surface area contributed by atoms with Crippen molar-refractivity contribution in [1.29, 1.82) is 5.41 Å². The van der Waals surface area contributed by atoms with E-state index in [9.17, 15) is 72.2 Å². The highest BCUT2D eigenvalue weighted by atomic mass is 32.2. The number of para-hydroxylation sites is 2. The van der Waals surface area contributed by atoms with E-state index < -0.39 is 223 Å². The van der Waals surface area contributed by atoms with Crippen molar-refractivity contribution in [3.8, 4) is 0 Å². The Morgan fingerprint density at radius 1 is 0.528 bits per heavy atom. The molecular weight excluding hydrogens is 1660 g/mol. The van der Waals surface area contributed by atoms with Crippen LogP contribution in [0.25, 0.3) is 21.8 Å². The average Bonchev–Trinajstić information content (AvgIpc) is 1.61. The van der Waals surface area contributed by atoms with Crippen molar-refractivity contribution < 1.29 is 86.6 Å². The highest BCUT2D eigenvalue weighted by Gasteiger charge is 2.44. The number of carbonyl (C=O) groups is 17. The number of nitrogens with zero attached hydrogens (tertiary/aromatic N) is 5. The zero-order chi connectivity index (χ0) is 93.5. The third kappa shape index (κ3) is 29.7. The number of aromatic nitrogens is 2. The molecule has 0 bridgehead atoms. The molecule has 2 aliphatic rings. The second kappa shape index (κ2) is 49.3. The Bertz CT molecular complexity index is 4740. The summed E-state index contributed by atoms with van der Waals surface area (Å²) >= 11 is 0.798. The number of thioether (sulfide) groups is 1. The number of amides is 17. The first kappa shape index (κ1) is 101. The van der Waals surface area contributed by atoms with Crippen molar-refractivity contribution in [1.82, 2.24) is 93.0 Å². The fourth-order valence-electron chi connectivity index (χ4n) is 15.1. The van der Waals surface area contributed by atoms with E-state index in [0.717, 1.165) is 36.3 Å². The lowest BCUT2D eigenvalue weighted by Gasteiger charge is -2.36. The van der Waals surface area contributed by atoms with Gasteiger partial charge in [0.15, 0.2) is 5.96 Å². The molecule has 2 aliphatic heterocycles. The first-order chi connectivity index (χ1) is 60.4. The maximum atomic E-state index is 15.6. The second-order valence-corrected chi connectivity index (χ2v) is 33.6. The van der Waals surface area contributed by atoms with Gasteiger partial charge in [0.2, 0.25) is 100 Å². The number of nitrogens with one attached hydrogen (secondary N) is 14. The van der Waals surface area contributed by atoms with Gasteiger partial charge in [-0.1, -0.05) is 120 Å². The van der Waals surface area contributed by atoms with E-state index in [0.29, 0.717) is 64.2 Å². The van der Waals surface area contributed by atoms with Crippen molar-refractivity contribution in [3.63, 3.8) is 0 Å². The summed E-state index contributed by atoms with van der Waals surface area (Å²) in [4.78, 5) is 257. The molecule has 5 aromatic rings. The molecule has 2 fully saturated rings. The second-order valence-electron chi connectivity index (χ2n) is 32.5. The number of benzene rings is 3. The van der Waals surface area contributed by atoms with Crippen LogP contribution in [0.15, 0.2) is 91.3 Å². The summed E-state index contributed by atoms with van der Waals surface area (Å²) in [7, 11) is 5.26. The van der Waals surface area contributed by atoms with Gasteiger partial charge >= 0.3 is 0 Å². The molecule has 0 spiro atoms. The summed E-state index contributed by atoms with van der Waals surface area (Å²) in [5, 5.41) is 49.1. The molecule has 1 unspecified atom stereocenters. The van der Waals surface area contributed by atoms with Gasteiger partial charge in [-0.05, 0) is 93.5 Å².